The maximum Gasteiger partial charge on any atom is 0.265 e. The standard InChI is InChI=1S/C15H23N3O2/c1-3-14-10-20-11(2)8-18(14)9-12-5-4-6-13(7-12)15(19)17-16/h4-7,11,14H,3,8-10,16H2,1-2H3,(H,17,19). The Morgan fingerprint density at radius 1 is 1.55 bits per heavy atom. The molecule has 1 aliphatic heterocycles. The predicted molar refractivity (Wildman–Crippen MR) is 78.0 cm³/mol. The number of carbonyl (C=O) groups is 1. The molecule has 5 heteroatoms. The number of rotatable bonds is 4. The van der Waals surface area contributed by atoms with E-state index in [2.05, 4.69) is 24.2 Å². The largest absolute Gasteiger partial charge is 0.376 e. The van der Waals surface area contributed by atoms with Gasteiger partial charge < -0.3 is 4.74 Å². The van der Waals surface area contributed by atoms with Crippen molar-refractivity contribution in [2.24, 2.45) is 5.84 Å². The number of morpholine rings is 1. The zero-order chi connectivity index (χ0) is 14.5. The van der Waals surface area contributed by atoms with Crippen molar-refractivity contribution < 1.29 is 9.53 Å². The third-order valence-corrected chi connectivity index (χ3v) is 3.76. The van der Waals surface area contributed by atoms with Crippen molar-refractivity contribution in [1.29, 1.82) is 0 Å². The highest BCUT2D eigenvalue weighted by molar-refractivity contribution is 5.93. The molecule has 1 saturated heterocycles. The second-order valence-electron chi connectivity index (χ2n) is 5.31. The third-order valence-electron chi connectivity index (χ3n) is 3.76. The number of amides is 1. The number of ether oxygens (including phenoxy) is 1. The van der Waals surface area contributed by atoms with Crippen molar-refractivity contribution in [3.63, 3.8) is 0 Å². The van der Waals surface area contributed by atoms with Gasteiger partial charge in [-0.3, -0.25) is 15.1 Å². The Morgan fingerprint density at radius 3 is 3.05 bits per heavy atom. The first-order chi connectivity index (χ1) is 9.63. The van der Waals surface area contributed by atoms with Gasteiger partial charge >= 0.3 is 0 Å². The zero-order valence-corrected chi connectivity index (χ0v) is 12.1. The summed E-state index contributed by atoms with van der Waals surface area (Å²) in [5.41, 5.74) is 3.89. The lowest BCUT2D eigenvalue weighted by molar-refractivity contribution is -0.0592. The van der Waals surface area contributed by atoms with E-state index < -0.39 is 0 Å². The lowest BCUT2D eigenvalue weighted by Gasteiger charge is -2.38. The minimum atomic E-state index is -0.255. The molecule has 2 atom stereocenters. The highest BCUT2D eigenvalue weighted by Gasteiger charge is 2.25. The fraction of sp³-hybridized carbons (Fsp3) is 0.533. The third kappa shape index (κ3) is 3.56. The second-order valence-corrected chi connectivity index (χ2v) is 5.31. The van der Waals surface area contributed by atoms with E-state index in [0.717, 1.165) is 31.7 Å². The summed E-state index contributed by atoms with van der Waals surface area (Å²) in [7, 11) is 0. The smallest absolute Gasteiger partial charge is 0.265 e. The van der Waals surface area contributed by atoms with Crippen LogP contribution in [0.2, 0.25) is 0 Å². The van der Waals surface area contributed by atoms with Crippen LogP contribution >= 0.6 is 0 Å². The van der Waals surface area contributed by atoms with Gasteiger partial charge in [0.1, 0.15) is 0 Å². The van der Waals surface area contributed by atoms with Crippen LogP contribution in [0.1, 0.15) is 36.2 Å². The first-order valence-electron chi connectivity index (χ1n) is 7.09. The Hall–Kier alpha value is -1.43. The van der Waals surface area contributed by atoms with Gasteiger partial charge in [-0.05, 0) is 31.0 Å². The summed E-state index contributed by atoms with van der Waals surface area (Å²) in [4.78, 5) is 14.0. The van der Waals surface area contributed by atoms with Gasteiger partial charge in [0.15, 0.2) is 0 Å². The predicted octanol–water partition coefficient (Wildman–Crippen LogP) is 1.29. The van der Waals surface area contributed by atoms with E-state index >= 15 is 0 Å². The summed E-state index contributed by atoms with van der Waals surface area (Å²) in [6, 6.07) is 8.04. The van der Waals surface area contributed by atoms with Crippen molar-refractivity contribution in [1.82, 2.24) is 10.3 Å². The van der Waals surface area contributed by atoms with Crippen LogP contribution in [-0.2, 0) is 11.3 Å². The average molecular weight is 277 g/mol. The normalized spacial score (nSPS) is 23.6. The monoisotopic (exact) mass is 277 g/mol. The second kappa shape index (κ2) is 6.83. The summed E-state index contributed by atoms with van der Waals surface area (Å²) < 4.78 is 5.71. The van der Waals surface area contributed by atoms with E-state index in [9.17, 15) is 4.79 Å². The molecule has 0 bridgehead atoms. The molecule has 5 nitrogen and oxygen atoms in total. The van der Waals surface area contributed by atoms with E-state index in [1.807, 2.05) is 18.2 Å². The van der Waals surface area contributed by atoms with Gasteiger partial charge in [0.05, 0.1) is 12.7 Å². The molecule has 1 aliphatic rings. The van der Waals surface area contributed by atoms with Crippen molar-refractivity contribution >= 4 is 5.91 Å². The summed E-state index contributed by atoms with van der Waals surface area (Å²) in [6.07, 6.45) is 1.32. The summed E-state index contributed by atoms with van der Waals surface area (Å²) in [5.74, 6) is 4.92. The van der Waals surface area contributed by atoms with Gasteiger partial charge in [0, 0.05) is 24.7 Å². The fourth-order valence-electron chi connectivity index (χ4n) is 2.61. The molecule has 110 valence electrons. The number of nitrogens with one attached hydrogen (secondary N) is 1. The summed E-state index contributed by atoms with van der Waals surface area (Å²) >= 11 is 0. The Morgan fingerprint density at radius 2 is 2.35 bits per heavy atom. The zero-order valence-electron chi connectivity index (χ0n) is 12.1. The van der Waals surface area contributed by atoms with Crippen LogP contribution in [0.4, 0.5) is 0 Å². The number of hydrogen-bond acceptors (Lipinski definition) is 4. The highest BCUT2D eigenvalue weighted by atomic mass is 16.5. The topological polar surface area (TPSA) is 67.6 Å². The van der Waals surface area contributed by atoms with Crippen LogP contribution in [0.3, 0.4) is 0 Å². The van der Waals surface area contributed by atoms with E-state index in [1.165, 1.54) is 0 Å². The molecular weight excluding hydrogens is 254 g/mol. The van der Waals surface area contributed by atoms with Crippen LogP contribution in [0.5, 0.6) is 0 Å². The van der Waals surface area contributed by atoms with E-state index in [1.54, 1.807) is 6.07 Å². The molecule has 0 aliphatic carbocycles. The van der Waals surface area contributed by atoms with Crippen LogP contribution < -0.4 is 11.3 Å². The van der Waals surface area contributed by atoms with Gasteiger partial charge in [-0.2, -0.15) is 0 Å². The number of hydrogen-bond donors (Lipinski definition) is 2. The molecule has 1 aromatic carbocycles. The molecule has 0 aromatic heterocycles. The molecule has 1 heterocycles. The molecule has 3 N–H and O–H groups in total. The summed E-state index contributed by atoms with van der Waals surface area (Å²) in [5, 5.41) is 0. The van der Waals surface area contributed by atoms with Crippen LogP contribution in [0.25, 0.3) is 0 Å². The number of hydrazine groups is 1. The van der Waals surface area contributed by atoms with E-state index in [0.29, 0.717) is 11.6 Å². The average Bonchev–Trinajstić information content (AvgIpc) is 2.47. The molecule has 1 aromatic rings. The molecule has 2 rings (SSSR count). The molecule has 20 heavy (non-hydrogen) atoms. The maximum absolute atomic E-state index is 11.6. The van der Waals surface area contributed by atoms with Gasteiger partial charge in [-0.25, -0.2) is 5.84 Å². The lowest BCUT2D eigenvalue weighted by Crippen LogP contribution is -2.47. The van der Waals surface area contributed by atoms with E-state index in [4.69, 9.17) is 10.6 Å². The van der Waals surface area contributed by atoms with Crippen LogP contribution in [0, 0.1) is 0 Å². The Balaban J connectivity index is 2.09. The maximum atomic E-state index is 11.6. The Labute approximate surface area is 120 Å². The lowest BCUT2D eigenvalue weighted by atomic mass is 10.1. The number of carbonyl (C=O) groups excluding carboxylic acids is 1. The van der Waals surface area contributed by atoms with Crippen molar-refractivity contribution in [2.75, 3.05) is 13.2 Å². The highest BCUT2D eigenvalue weighted by Crippen LogP contribution is 2.18. The van der Waals surface area contributed by atoms with Gasteiger partial charge in [-0.15, -0.1) is 0 Å². The molecule has 0 spiro atoms. The minimum absolute atomic E-state index is 0.255. The SMILES string of the molecule is CCC1COC(C)CN1Cc1cccc(C(=O)NN)c1. The first kappa shape index (κ1) is 15.0. The van der Waals surface area contributed by atoms with Gasteiger partial charge in [0.25, 0.3) is 5.91 Å². The van der Waals surface area contributed by atoms with Crippen molar-refractivity contribution in [3.8, 4) is 0 Å². The van der Waals surface area contributed by atoms with Gasteiger partial charge in [-0.1, -0.05) is 19.1 Å². The molecule has 0 saturated carbocycles. The number of nitrogens with two attached hydrogens (primary N) is 1. The number of benzene rings is 1. The molecular formula is C15H23N3O2. The number of nitrogens with zero attached hydrogens (tertiary/aromatic N) is 1. The summed E-state index contributed by atoms with van der Waals surface area (Å²) in [6.45, 7) is 6.80. The first-order valence-corrected chi connectivity index (χ1v) is 7.09. The van der Waals surface area contributed by atoms with Crippen molar-refractivity contribution in [3.05, 3.63) is 35.4 Å². The number of nitrogen functional groups attached to an aromatic ring is 1. The van der Waals surface area contributed by atoms with Crippen molar-refractivity contribution in [2.45, 2.75) is 39.0 Å². The Bertz CT molecular complexity index is 464. The molecule has 0 radical (unpaired) electrons. The van der Waals surface area contributed by atoms with Crippen LogP contribution in [0.15, 0.2) is 24.3 Å². The van der Waals surface area contributed by atoms with Gasteiger partial charge in [0.2, 0.25) is 0 Å². The van der Waals surface area contributed by atoms with Crippen LogP contribution in [-0.4, -0.2) is 36.1 Å². The minimum Gasteiger partial charge on any atom is -0.376 e. The van der Waals surface area contributed by atoms with E-state index in [-0.39, 0.29) is 12.0 Å². The fourth-order valence-corrected chi connectivity index (χ4v) is 2.61. The quantitative estimate of drug-likeness (QED) is 0.494. The molecule has 2 unspecified atom stereocenters. The molecule has 1 fully saturated rings. The Kier molecular flexibility index (Phi) is 5.11. The molecule has 1 amide bonds.